The Kier molecular flexibility index (Phi) is 7.23. The number of carboxylic acids is 1. The third-order valence-corrected chi connectivity index (χ3v) is 13.5. The molecule has 9 nitrogen and oxygen atoms in total. The van der Waals surface area contributed by atoms with E-state index in [0.29, 0.717) is 25.7 Å². The van der Waals surface area contributed by atoms with Crippen LogP contribution in [0.3, 0.4) is 0 Å². The lowest BCUT2D eigenvalue weighted by Crippen LogP contribution is -2.63. The highest BCUT2D eigenvalue weighted by Crippen LogP contribution is 2.73. The van der Waals surface area contributed by atoms with Crippen molar-refractivity contribution in [2.24, 2.45) is 46.3 Å². The minimum atomic E-state index is -1.20. The molecule has 6 rings (SSSR count). The molecule has 0 amide bonds. The van der Waals surface area contributed by atoms with Gasteiger partial charge in [0.05, 0.1) is 23.9 Å². The minimum absolute atomic E-state index is 0.0134. The van der Waals surface area contributed by atoms with Crippen molar-refractivity contribution in [1.29, 1.82) is 0 Å². The molecule has 0 aromatic carbocycles. The lowest BCUT2D eigenvalue weighted by molar-refractivity contribution is -0.305. The molecule has 6 fully saturated rings. The van der Waals surface area contributed by atoms with Crippen LogP contribution in [-0.4, -0.2) is 68.7 Å². The summed E-state index contributed by atoms with van der Waals surface area (Å²) in [6, 6.07) is 0. The van der Waals surface area contributed by atoms with Crippen molar-refractivity contribution in [3.05, 3.63) is 0 Å². The van der Waals surface area contributed by atoms with Crippen molar-refractivity contribution in [3.63, 3.8) is 0 Å². The number of carboxylic acid groups (broad SMARTS) is 1. The third-order valence-electron chi connectivity index (χ3n) is 13.5. The fraction of sp³-hybridized carbons (Fsp3) is 0.939. The summed E-state index contributed by atoms with van der Waals surface area (Å²) >= 11 is 0. The molecule has 2 saturated heterocycles. The second-order valence-corrected chi connectivity index (χ2v) is 16.2. The number of aliphatic carboxylic acids is 1. The van der Waals surface area contributed by atoms with E-state index in [1.807, 2.05) is 6.92 Å². The molecule has 1 spiro atoms. The lowest BCUT2D eigenvalue weighted by atomic mass is 9.43. The summed E-state index contributed by atoms with van der Waals surface area (Å²) in [5.41, 5.74) is -2.23. The zero-order valence-corrected chi connectivity index (χ0v) is 26.1. The van der Waals surface area contributed by atoms with E-state index in [9.17, 15) is 30.0 Å². The van der Waals surface area contributed by atoms with Crippen LogP contribution in [0, 0.1) is 46.3 Å². The van der Waals surface area contributed by atoms with E-state index in [-0.39, 0.29) is 71.7 Å². The zero-order chi connectivity index (χ0) is 30.6. The molecular weight excluding hydrogens is 540 g/mol. The van der Waals surface area contributed by atoms with E-state index in [1.165, 1.54) is 0 Å². The predicted octanol–water partition coefficient (Wildman–Crippen LogP) is 2.71. The lowest BCUT2D eigenvalue weighted by Gasteiger charge is -2.63. The summed E-state index contributed by atoms with van der Waals surface area (Å²) in [5, 5.41) is 46.0. The van der Waals surface area contributed by atoms with Gasteiger partial charge in [-0.3, -0.25) is 4.79 Å². The highest BCUT2D eigenvalue weighted by atomic mass is 16.7. The quantitative estimate of drug-likeness (QED) is 0.411. The Morgan fingerprint density at radius 3 is 2.31 bits per heavy atom. The number of fused-ring (bicyclic) bond motifs is 7. The molecule has 2 aliphatic heterocycles. The van der Waals surface area contributed by atoms with Crippen molar-refractivity contribution in [2.45, 2.75) is 147 Å². The number of rotatable bonds is 5. The van der Waals surface area contributed by atoms with Gasteiger partial charge in [0.15, 0.2) is 5.79 Å². The summed E-state index contributed by atoms with van der Waals surface area (Å²) < 4.78 is 19.1. The molecule has 4 aliphatic carbocycles. The van der Waals surface area contributed by atoms with Crippen molar-refractivity contribution >= 4 is 11.9 Å². The van der Waals surface area contributed by atoms with Crippen molar-refractivity contribution < 1.29 is 44.2 Å². The number of aliphatic hydroxyl groups excluding tert-OH is 2. The van der Waals surface area contributed by atoms with Crippen LogP contribution in [0.5, 0.6) is 0 Å². The Morgan fingerprint density at radius 2 is 1.67 bits per heavy atom. The SMILES string of the molecule is C[C@H]1C[C@@]2(O[C@H]3C[C@H]4[C@@H]5CC[C@H]6C[C@H](O)[C@H](OC(=O)CCCC(=O)[O-])C[C@]6(C)[C@H]5[C@@H](O)C[C@]4(C)[C@H]3[C@@]2(C)O)OC1(C)C. The molecule has 6 aliphatic rings. The fourth-order valence-corrected chi connectivity index (χ4v) is 11.4. The molecule has 0 aromatic rings. The van der Waals surface area contributed by atoms with E-state index in [4.69, 9.17) is 14.2 Å². The van der Waals surface area contributed by atoms with Crippen LogP contribution in [0.2, 0.25) is 0 Å². The van der Waals surface area contributed by atoms with E-state index in [1.54, 1.807) is 0 Å². The molecular formula is C33H51O9-. The summed E-state index contributed by atoms with van der Waals surface area (Å²) in [5.74, 6) is -1.96. The monoisotopic (exact) mass is 591 g/mol. The Hall–Kier alpha value is -1.26. The number of carbonyl (C=O) groups excluding carboxylic acids is 2. The van der Waals surface area contributed by atoms with Crippen LogP contribution in [0.15, 0.2) is 0 Å². The van der Waals surface area contributed by atoms with E-state index in [2.05, 4.69) is 34.6 Å². The molecule has 14 atom stereocenters. The van der Waals surface area contributed by atoms with E-state index in [0.717, 1.165) is 19.3 Å². The summed E-state index contributed by atoms with van der Waals surface area (Å²) in [6.07, 6.45) is 2.61. The first kappa shape index (κ1) is 30.8. The fourth-order valence-electron chi connectivity index (χ4n) is 11.4. The smallest absolute Gasteiger partial charge is 0.306 e. The maximum absolute atomic E-state index is 12.5. The Labute approximate surface area is 249 Å². The highest BCUT2D eigenvalue weighted by Gasteiger charge is 2.77. The number of hydrogen-bond donors (Lipinski definition) is 3. The zero-order valence-electron chi connectivity index (χ0n) is 26.1. The molecule has 238 valence electrons. The van der Waals surface area contributed by atoms with Gasteiger partial charge in [0.2, 0.25) is 0 Å². The van der Waals surface area contributed by atoms with Gasteiger partial charge < -0.3 is 39.4 Å². The molecule has 9 heteroatoms. The van der Waals surface area contributed by atoms with Crippen molar-refractivity contribution in [2.75, 3.05) is 0 Å². The van der Waals surface area contributed by atoms with Gasteiger partial charge in [-0.2, -0.15) is 0 Å². The summed E-state index contributed by atoms with van der Waals surface area (Å²) in [6.45, 7) is 12.6. The van der Waals surface area contributed by atoms with Gasteiger partial charge in [-0.05, 0) is 113 Å². The van der Waals surface area contributed by atoms with Crippen LogP contribution in [0.4, 0.5) is 0 Å². The Bertz CT molecular complexity index is 1110. The number of esters is 1. The van der Waals surface area contributed by atoms with Gasteiger partial charge in [-0.25, -0.2) is 0 Å². The normalized spacial score (nSPS) is 54.1. The standard InChI is InChI=1S/C33H52O9/c1-17-14-33(42-29(17,2)3)32(6,39)28-23(41-33)13-20-19-11-10-18-12-21(34)24(40-26(38)9-7-8-25(36)37)16-30(18,4)27(19)22(35)15-31(20,28)5/h17-24,27-28,34-35,39H,7-16H2,1-6H3,(H,36,37)/p-1/t17-,18-,19-,20-,21-,22-,23-,24+,27+,28-,30-,31-,32+,33+/m0/s1. The third kappa shape index (κ3) is 4.34. The van der Waals surface area contributed by atoms with Crippen LogP contribution >= 0.6 is 0 Å². The maximum atomic E-state index is 12.5. The minimum Gasteiger partial charge on any atom is -0.550 e. The first-order valence-corrected chi connectivity index (χ1v) is 16.3. The topological polar surface area (TPSA) is 146 Å². The van der Waals surface area contributed by atoms with Crippen LogP contribution in [-0.2, 0) is 23.8 Å². The molecule has 0 unspecified atom stereocenters. The highest BCUT2D eigenvalue weighted by molar-refractivity contribution is 5.71. The number of carbonyl (C=O) groups is 2. The number of hydrogen-bond acceptors (Lipinski definition) is 9. The Balaban J connectivity index is 1.23. The van der Waals surface area contributed by atoms with Gasteiger partial charge in [0.25, 0.3) is 0 Å². The van der Waals surface area contributed by atoms with Gasteiger partial charge in [-0.1, -0.05) is 20.8 Å². The van der Waals surface area contributed by atoms with Crippen LogP contribution < -0.4 is 5.11 Å². The van der Waals surface area contributed by atoms with Crippen molar-refractivity contribution in [1.82, 2.24) is 0 Å². The summed E-state index contributed by atoms with van der Waals surface area (Å²) in [7, 11) is 0. The Morgan fingerprint density at radius 1 is 0.952 bits per heavy atom. The first-order valence-electron chi connectivity index (χ1n) is 16.3. The molecule has 0 bridgehead atoms. The molecule has 3 N–H and O–H groups in total. The molecule has 0 radical (unpaired) electrons. The number of aliphatic hydroxyl groups is 3. The first-order chi connectivity index (χ1) is 19.4. The maximum Gasteiger partial charge on any atom is 0.306 e. The predicted molar refractivity (Wildman–Crippen MR) is 149 cm³/mol. The average Bonchev–Trinajstić information content (AvgIpc) is 3.36. The second kappa shape index (κ2) is 9.87. The second-order valence-electron chi connectivity index (χ2n) is 16.2. The molecule has 4 saturated carbocycles. The van der Waals surface area contributed by atoms with Gasteiger partial charge in [0, 0.05) is 24.7 Å². The van der Waals surface area contributed by atoms with Crippen molar-refractivity contribution in [3.8, 4) is 0 Å². The van der Waals surface area contributed by atoms with E-state index >= 15 is 0 Å². The van der Waals surface area contributed by atoms with Crippen LogP contribution in [0.1, 0.15) is 106 Å². The van der Waals surface area contributed by atoms with E-state index < -0.39 is 47.2 Å². The molecule has 2 heterocycles. The molecule has 42 heavy (non-hydrogen) atoms. The molecule has 0 aromatic heterocycles. The summed E-state index contributed by atoms with van der Waals surface area (Å²) in [4.78, 5) is 23.3. The largest absolute Gasteiger partial charge is 0.550 e. The number of ether oxygens (including phenoxy) is 3. The van der Waals surface area contributed by atoms with Gasteiger partial charge >= 0.3 is 5.97 Å². The van der Waals surface area contributed by atoms with Gasteiger partial charge in [0.1, 0.15) is 11.7 Å². The van der Waals surface area contributed by atoms with Crippen LogP contribution in [0.25, 0.3) is 0 Å². The van der Waals surface area contributed by atoms with Gasteiger partial charge in [-0.15, -0.1) is 0 Å². The average molecular weight is 592 g/mol.